The molecule has 0 unspecified atom stereocenters. The van der Waals surface area contributed by atoms with Gasteiger partial charge in [0.1, 0.15) is 18.1 Å². The van der Waals surface area contributed by atoms with Crippen molar-refractivity contribution in [2.75, 3.05) is 26.0 Å². The number of imide groups is 1. The first kappa shape index (κ1) is 18.8. The van der Waals surface area contributed by atoms with E-state index in [9.17, 15) is 19.2 Å². The standard InChI is InChI=1S/C18H17N3O5S/c1-26-13-6-16(23)21(8-13)18(25)14-10-27-15(20-14)7-19-17(24)12-4-2-3-11(5-12)9-22/h2-6,9,14H,7-8,10H2,1H3,(H,19,24)/t14-/m1/s1. The van der Waals surface area contributed by atoms with Gasteiger partial charge >= 0.3 is 0 Å². The average molecular weight is 387 g/mol. The van der Waals surface area contributed by atoms with Crippen molar-refractivity contribution in [1.82, 2.24) is 10.2 Å². The van der Waals surface area contributed by atoms with Crippen LogP contribution in [0.15, 0.2) is 41.1 Å². The van der Waals surface area contributed by atoms with Crippen molar-refractivity contribution in [2.24, 2.45) is 4.99 Å². The van der Waals surface area contributed by atoms with Crippen LogP contribution in [0.2, 0.25) is 0 Å². The molecule has 0 bridgehead atoms. The molecule has 0 radical (unpaired) electrons. The van der Waals surface area contributed by atoms with Gasteiger partial charge in [0, 0.05) is 23.0 Å². The van der Waals surface area contributed by atoms with Gasteiger partial charge in [0.15, 0.2) is 0 Å². The van der Waals surface area contributed by atoms with Gasteiger partial charge in [-0.2, -0.15) is 0 Å². The molecule has 0 spiro atoms. The Labute approximate surface area is 159 Å². The van der Waals surface area contributed by atoms with Crippen LogP contribution in [-0.4, -0.2) is 65.9 Å². The van der Waals surface area contributed by atoms with E-state index in [2.05, 4.69) is 10.3 Å². The van der Waals surface area contributed by atoms with Crippen LogP contribution >= 0.6 is 11.8 Å². The molecule has 1 N–H and O–H groups in total. The fourth-order valence-corrected chi connectivity index (χ4v) is 3.59. The number of aldehydes is 1. The third-order valence-electron chi connectivity index (χ3n) is 4.07. The van der Waals surface area contributed by atoms with Gasteiger partial charge in [0.2, 0.25) is 0 Å². The number of amides is 3. The van der Waals surface area contributed by atoms with E-state index in [0.717, 1.165) is 4.90 Å². The van der Waals surface area contributed by atoms with Gasteiger partial charge in [-0.05, 0) is 12.1 Å². The number of thioether (sulfide) groups is 1. The number of nitrogens with zero attached hydrogens (tertiary/aromatic N) is 2. The lowest BCUT2D eigenvalue weighted by Gasteiger charge is -2.16. The summed E-state index contributed by atoms with van der Waals surface area (Å²) in [6.07, 6.45) is 1.96. The molecule has 1 aromatic rings. The number of rotatable bonds is 6. The van der Waals surface area contributed by atoms with Crippen molar-refractivity contribution in [1.29, 1.82) is 0 Å². The molecule has 8 nitrogen and oxygen atoms in total. The molecule has 0 aliphatic carbocycles. The summed E-state index contributed by atoms with van der Waals surface area (Å²) in [6, 6.07) is 5.69. The van der Waals surface area contributed by atoms with Gasteiger partial charge in [-0.25, -0.2) is 0 Å². The Morgan fingerprint density at radius 3 is 2.96 bits per heavy atom. The van der Waals surface area contributed by atoms with Crippen LogP contribution in [0.3, 0.4) is 0 Å². The predicted octanol–water partition coefficient (Wildman–Crippen LogP) is 0.642. The fourth-order valence-electron chi connectivity index (χ4n) is 2.64. The third-order valence-corrected chi connectivity index (χ3v) is 5.14. The molecule has 2 aliphatic heterocycles. The van der Waals surface area contributed by atoms with Crippen molar-refractivity contribution < 1.29 is 23.9 Å². The number of ether oxygens (including phenoxy) is 1. The lowest BCUT2D eigenvalue weighted by Crippen LogP contribution is -2.40. The summed E-state index contributed by atoms with van der Waals surface area (Å²) in [4.78, 5) is 52.7. The molecule has 0 fully saturated rings. The number of hydrogen-bond donors (Lipinski definition) is 1. The Morgan fingerprint density at radius 1 is 1.44 bits per heavy atom. The average Bonchev–Trinajstić information content (AvgIpc) is 3.32. The molecular formula is C18H17N3O5S. The molecule has 3 amide bonds. The monoisotopic (exact) mass is 387 g/mol. The highest BCUT2D eigenvalue weighted by molar-refractivity contribution is 8.14. The summed E-state index contributed by atoms with van der Waals surface area (Å²) in [6.45, 7) is 0.290. The van der Waals surface area contributed by atoms with Crippen LogP contribution < -0.4 is 5.32 Å². The molecule has 9 heteroatoms. The predicted molar refractivity (Wildman–Crippen MR) is 99.7 cm³/mol. The maximum absolute atomic E-state index is 12.5. The summed E-state index contributed by atoms with van der Waals surface area (Å²) < 4.78 is 5.01. The van der Waals surface area contributed by atoms with Crippen molar-refractivity contribution in [3.05, 3.63) is 47.2 Å². The molecule has 2 aliphatic rings. The highest BCUT2D eigenvalue weighted by atomic mass is 32.2. The maximum Gasteiger partial charge on any atom is 0.257 e. The molecule has 1 atom stereocenters. The Balaban J connectivity index is 1.56. The molecule has 0 aromatic heterocycles. The zero-order chi connectivity index (χ0) is 19.4. The normalized spacial score (nSPS) is 18.8. The lowest BCUT2D eigenvalue weighted by molar-refractivity contribution is -0.141. The second-order valence-corrected chi connectivity index (χ2v) is 6.95. The van der Waals surface area contributed by atoms with E-state index >= 15 is 0 Å². The molecule has 3 rings (SSSR count). The van der Waals surface area contributed by atoms with E-state index in [-0.39, 0.29) is 24.9 Å². The van der Waals surface area contributed by atoms with Crippen molar-refractivity contribution in [2.45, 2.75) is 6.04 Å². The van der Waals surface area contributed by atoms with Crippen molar-refractivity contribution in [3.8, 4) is 0 Å². The van der Waals surface area contributed by atoms with Gasteiger partial charge in [-0.3, -0.25) is 29.1 Å². The fraction of sp³-hybridized carbons (Fsp3) is 0.278. The molecule has 27 heavy (non-hydrogen) atoms. The summed E-state index contributed by atoms with van der Waals surface area (Å²) in [5.74, 6) is -0.269. The highest BCUT2D eigenvalue weighted by Gasteiger charge is 2.35. The number of hydrogen-bond acceptors (Lipinski definition) is 7. The summed E-state index contributed by atoms with van der Waals surface area (Å²) >= 11 is 1.36. The van der Waals surface area contributed by atoms with E-state index in [0.29, 0.717) is 34.0 Å². The van der Waals surface area contributed by atoms with Gasteiger partial charge in [-0.15, -0.1) is 11.8 Å². The zero-order valence-corrected chi connectivity index (χ0v) is 15.3. The van der Waals surface area contributed by atoms with E-state index < -0.39 is 11.9 Å². The lowest BCUT2D eigenvalue weighted by atomic mass is 10.1. The van der Waals surface area contributed by atoms with Crippen molar-refractivity contribution >= 4 is 40.8 Å². The van der Waals surface area contributed by atoms with E-state index in [1.54, 1.807) is 18.2 Å². The molecule has 1 aromatic carbocycles. The van der Waals surface area contributed by atoms with Crippen LogP contribution in [-0.2, 0) is 14.3 Å². The second-order valence-electron chi connectivity index (χ2n) is 5.85. The summed E-state index contributed by atoms with van der Waals surface area (Å²) in [7, 11) is 1.45. The molecule has 2 heterocycles. The minimum absolute atomic E-state index is 0.115. The Kier molecular flexibility index (Phi) is 5.70. The topological polar surface area (TPSA) is 105 Å². The number of methoxy groups -OCH3 is 1. The van der Waals surface area contributed by atoms with E-state index in [4.69, 9.17) is 4.74 Å². The zero-order valence-electron chi connectivity index (χ0n) is 14.5. The van der Waals surface area contributed by atoms with Crippen LogP contribution in [0.4, 0.5) is 0 Å². The SMILES string of the molecule is COC1=CC(=O)N(C(=O)[C@H]2CSC(CNC(=O)c3cccc(C=O)c3)=N2)C1. The quantitative estimate of drug-likeness (QED) is 0.567. The molecule has 140 valence electrons. The first-order valence-corrected chi connectivity index (χ1v) is 9.13. The molecular weight excluding hydrogens is 370 g/mol. The van der Waals surface area contributed by atoms with Crippen LogP contribution in [0.1, 0.15) is 20.7 Å². The Morgan fingerprint density at radius 2 is 2.26 bits per heavy atom. The summed E-state index contributed by atoms with van der Waals surface area (Å²) in [5.41, 5.74) is 0.789. The van der Waals surface area contributed by atoms with Gasteiger partial charge in [0.05, 0.1) is 25.2 Å². The van der Waals surface area contributed by atoms with E-state index in [1.807, 2.05) is 0 Å². The van der Waals surface area contributed by atoms with Crippen molar-refractivity contribution in [3.63, 3.8) is 0 Å². The van der Waals surface area contributed by atoms with Crippen LogP contribution in [0.5, 0.6) is 0 Å². The molecule has 0 saturated carbocycles. The second kappa shape index (κ2) is 8.17. The largest absolute Gasteiger partial charge is 0.499 e. The molecule has 0 saturated heterocycles. The first-order valence-electron chi connectivity index (χ1n) is 8.14. The Bertz CT molecular complexity index is 864. The number of nitrogens with one attached hydrogen (secondary N) is 1. The smallest absolute Gasteiger partial charge is 0.257 e. The number of benzene rings is 1. The number of aliphatic imine (C=N–C) groups is 1. The van der Waals surface area contributed by atoms with Gasteiger partial charge in [-0.1, -0.05) is 12.1 Å². The maximum atomic E-state index is 12.5. The minimum Gasteiger partial charge on any atom is -0.499 e. The van der Waals surface area contributed by atoms with Gasteiger partial charge in [0.25, 0.3) is 17.7 Å². The minimum atomic E-state index is -0.658. The van der Waals surface area contributed by atoms with E-state index in [1.165, 1.54) is 31.0 Å². The van der Waals surface area contributed by atoms with Crippen LogP contribution in [0.25, 0.3) is 0 Å². The highest BCUT2D eigenvalue weighted by Crippen LogP contribution is 2.22. The number of carbonyl (C=O) groups is 4. The Hall–Kier alpha value is -2.94. The van der Waals surface area contributed by atoms with Crippen LogP contribution in [0, 0.1) is 0 Å². The third kappa shape index (κ3) is 4.25. The first-order chi connectivity index (χ1) is 13.0. The van der Waals surface area contributed by atoms with Gasteiger partial charge < -0.3 is 10.1 Å². The number of carbonyl (C=O) groups excluding carboxylic acids is 4. The summed E-state index contributed by atoms with van der Waals surface area (Å²) in [5, 5.41) is 3.33.